The quantitative estimate of drug-likeness (QED) is 0.628. The first kappa shape index (κ1) is 13.1. The molecule has 1 aromatic carbocycles. The van der Waals surface area contributed by atoms with Gasteiger partial charge in [0.1, 0.15) is 11.3 Å². The van der Waals surface area contributed by atoms with Gasteiger partial charge in [-0.2, -0.15) is 13.2 Å². The van der Waals surface area contributed by atoms with E-state index in [4.69, 9.17) is 0 Å². The van der Waals surface area contributed by atoms with E-state index in [1.807, 2.05) is 0 Å². The summed E-state index contributed by atoms with van der Waals surface area (Å²) in [6.45, 7) is 0. The summed E-state index contributed by atoms with van der Waals surface area (Å²) in [5, 5.41) is 9.28. The van der Waals surface area contributed by atoms with Crippen molar-refractivity contribution in [3.8, 4) is 5.75 Å². The zero-order chi connectivity index (χ0) is 12.5. The lowest BCUT2D eigenvalue weighted by Crippen LogP contribution is -2.10. The van der Waals surface area contributed by atoms with Crippen molar-refractivity contribution in [1.82, 2.24) is 0 Å². The first-order valence-corrected chi connectivity index (χ1v) is 5.03. The van der Waals surface area contributed by atoms with Gasteiger partial charge >= 0.3 is 12.1 Å². The Hall–Kier alpha value is -0.990. The number of ether oxygens (including phenoxy) is 1. The zero-order valence-corrected chi connectivity index (χ0v) is 10.1. The van der Waals surface area contributed by atoms with Crippen molar-refractivity contribution in [2.24, 2.45) is 0 Å². The monoisotopic (exact) mass is 346 g/mol. The molecule has 0 bridgehead atoms. The highest BCUT2D eigenvalue weighted by molar-refractivity contribution is 14.1. The maximum absolute atomic E-state index is 12.4. The number of hydrogen-bond donors (Lipinski definition) is 1. The molecule has 0 saturated carbocycles. The maximum atomic E-state index is 12.4. The normalized spacial score (nSPS) is 11.3. The Kier molecular flexibility index (Phi) is 3.66. The molecule has 0 saturated heterocycles. The van der Waals surface area contributed by atoms with Crippen molar-refractivity contribution in [2.45, 2.75) is 6.18 Å². The fraction of sp³-hybridized carbons (Fsp3) is 0.222. The van der Waals surface area contributed by atoms with Crippen LogP contribution in [0.25, 0.3) is 0 Å². The average Bonchev–Trinajstić information content (AvgIpc) is 2.18. The summed E-state index contributed by atoms with van der Waals surface area (Å²) >= 11 is 1.44. The number of phenolic OH excluding ortho intramolecular Hbond substituents is 1. The van der Waals surface area contributed by atoms with E-state index in [1.165, 1.54) is 22.6 Å². The molecule has 0 aromatic heterocycles. The molecule has 0 aliphatic rings. The molecule has 3 nitrogen and oxygen atoms in total. The number of aromatic hydroxyl groups is 1. The molecule has 0 heterocycles. The lowest BCUT2D eigenvalue weighted by atomic mass is 10.1. The van der Waals surface area contributed by atoms with E-state index in [2.05, 4.69) is 4.74 Å². The maximum Gasteiger partial charge on any atom is 0.417 e. The fourth-order valence-electron chi connectivity index (χ4n) is 1.05. The molecule has 7 heteroatoms. The van der Waals surface area contributed by atoms with Crippen LogP contribution in [0.3, 0.4) is 0 Å². The Morgan fingerprint density at radius 2 is 2.00 bits per heavy atom. The molecule has 1 rings (SSSR count). The van der Waals surface area contributed by atoms with Crippen LogP contribution in [-0.2, 0) is 10.9 Å². The number of carbonyl (C=O) groups excluding carboxylic acids is 1. The van der Waals surface area contributed by atoms with Crippen LogP contribution >= 0.6 is 22.6 Å². The zero-order valence-electron chi connectivity index (χ0n) is 7.93. The Morgan fingerprint density at radius 1 is 1.44 bits per heavy atom. The van der Waals surface area contributed by atoms with Crippen molar-refractivity contribution in [3.05, 3.63) is 26.8 Å². The van der Waals surface area contributed by atoms with Crippen LogP contribution in [0.5, 0.6) is 5.75 Å². The summed E-state index contributed by atoms with van der Waals surface area (Å²) in [6.07, 6.45) is -4.57. The first-order valence-electron chi connectivity index (χ1n) is 3.95. The van der Waals surface area contributed by atoms with Crippen molar-refractivity contribution in [1.29, 1.82) is 0 Å². The van der Waals surface area contributed by atoms with Gasteiger partial charge in [-0.25, -0.2) is 4.79 Å². The molecule has 0 fully saturated rings. The minimum Gasteiger partial charge on any atom is -0.507 e. The number of methoxy groups -OCH3 is 1. The van der Waals surface area contributed by atoms with Crippen LogP contribution in [0, 0.1) is 3.57 Å². The Balaban J connectivity index is 3.33. The van der Waals surface area contributed by atoms with Gasteiger partial charge in [-0.15, -0.1) is 0 Å². The second-order valence-corrected chi connectivity index (χ2v) is 4.00. The van der Waals surface area contributed by atoms with Gasteiger partial charge in [-0.05, 0) is 34.7 Å². The van der Waals surface area contributed by atoms with E-state index in [-0.39, 0.29) is 9.13 Å². The van der Waals surface area contributed by atoms with Crippen LogP contribution in [0.15, 0.2) is 12.1 Å². The largest absolute Gasteiger partial charge is 0.507 e. The van der Waals surface area contributed by atoms with Gasteiger partial charge in [0.2, 0.25) is 0 Å². The third-order valence-corrected chi connectivity index (χ3v) is 2.69. The molecular weight excluding hydrogens is 340 g/mol. The Morgan fingerprint density at radius 3 is 2.44 bits per heavy atom. The van der Waals surface area contributed by atoms with E-state index >= 15 is 0 Å². The van der Waals surface area contributed by atoms with Gasteiger partial charge in [0.05, 0.1) is 12.7 Å². The molecule has 1 aromatic rings. The lowest BCUT2D eigenvalue weighted by Gasteiger charge is -2.11. The molecular formula is C9H6F3IO3. The van der Waals surface area contributed by atoms with Gasteiger partial charge < -0.3 is 9.84 Å². The van der Waals surface area contributed by atoms with Crippen LogP contribution < -0.4 is 0 Å². The van der Waals surface area contributed by atoms with Crippen LogP contribution in [0.2, 0.25) is 0 Å². The van der Waals surface area contributed by atoms with Gasteiger partial charge in [0, 0.05) is 3.57 Å². The van der Waals surface area contributed by atoms with E-state index in [0.29, 0.717) is 6.07 Å². The predicted octanol–water partition coefficient (Wildman–Crippen LogP) is 2.80. The second kappa shape index (κ2) is 4.48. The minimum absolute atomic E-state index is 0.177. The van der Waals surface area contributed by atoms with Crippen molar-refractivity contribution >= 4 is 28.6 Å². The lowest BCUT2D eigenvalue weighted by molar-refractivity contribution is -0.138. The SMILES string of the molecule is COC(=O)c1cc(I)c(C(F)(F)F)cc1O. The van der Waals surface area contributed by atoms with Crippen LogP contribution in [0.1, 0.15) is 15.9 Å². The number of benzene rings is 1. The molecule has 0 radical (unpaired) electrons. The molecule has 1 N–H and O–H groups in total. The van der Waals surface area contributed by atoms with Crippen LogP contribution in [-0.4, -0.2) is 18.2 Å². The number of phenols is 1. The summed E-state index contributed by atoms with van der Waals surface area (Å²) < 4.78 is 41.4. The summed E-state index contributed by atoms with van der Waals surface area (Å²) in [6, 6.07) is 1.44. The van der Waals surface area contributed by atoms with E-state index < -0.39 is 23.5 Å². The number of rotatable bonds is 1. The summed E-state index contributed by atoms with van der Waals surface area (Å²) in [7, 11) is 1.08. The summed E-state index contributed by atoms with van der Waals surface area (Å²) in [4.78, 5) is 11.1. The number of esters is 1. The van der Waals surface area contributed by atoms with Gasteiger partial charge in [-0.1, -0.05) is 0 Å². The summed E-state index contributed by atoms with van der Waals surface area (Å²) in [5.41, 5.74) is -1.28. The molecule has 16 heavy (non-hydrogen) atoms. The number of hydrogen-bond acceptors (Lipinski definition) is 3. The average molecular weight is 346 g/mol. The minimum atomic E-state index is -4.57. The topological polar surface area (TPSA) is 46.5 Å². The summed E-state index contributed by atoms with van der Waals surface area (Å²) in [5.74, 6) is -1.64. The number of halogens is 4. The van der Waals surface area contributed by atoms with Crippen LogP contribution in [0.4, 0.5) is 13.2 Å². The molecule has 0 aliphatic heterocycles. The fourth-order valence-corrected chi connectivity index (χ4v) is 1.83. The third-order valence-electron chi connectivity index (χ3n) is 1.80. The third kappa shape index (κ3) is 2.57. The molecule has 0 atom stereocenters. The van der Waals surface area contributed by atoms with E-state index in [1.54, 1.807) is 0 Å². The Bertz CT molecular complexity index is 429. The standard InChI is InChI=1S/C9H6F3IO3/c1-16-8(15)4-2-6(13)5(3-7(4)14)9(10,11)12/h2-3,14H,1H3. The molecule has 0 unspecified atom stereocenters. The van der Waals surface area contributed by atoms with Crippen molar-refractivity contribution in [3.63, 3.8) is 0 Å². The molecule has 0 aliphatic carbocycles. The van der Waals surface area contributed by atoms with Crippen molar-refractivity contribution in [2.75, 3.05) is 7.11 Å². The molecule has 0 amide bonds. The number of alkyl halides is 3. The number of carbonyl (C=O) groups is 1. The van der Waals surface area contributed by atoms with E-state index in [0.717, 1.165) is 13.2 Å². The smallest absolute Gasteiger partial charge is 0.417 e. The first-order chi connectivity index (χ1) is 7.27. The molecule has 0 spiro atoms. The second-order valence-electron chi connectivity index (χ2n) is 2.84. The highest BCUT2D eigenvalue weighted by Crippen LogP contribution is 2.36. The highest BCUT2D eigenvalue weighted by atomic mass is 127. The highest BCUT2D eigenvalue weighted by Gasteiger charge is 2.34. The van der Waals surface area contributed by atoms with Gasteiger partial charge in [0.25, 0.3) is 0 Å². The van der Waals surface area contributed by atoms with E-state index in [9.17, 15) is 23.1 Å². The van der Waals surface area contributed by atoms with Gasteiger partial charge in [-0.3, -0.25) is 0 Å². The molecule has 88 valence electrons. The Labute approximate surface area is 102 Å². The predicted molar refractivity (Wildman–Crippen MR) is 57.2 cm³/mol. The van der Waals surface area contributed by atoms with Gasteiger partial charge in [0.15, 0.2) is 0 Å². The van der Waals surface area contributed by atoms with Crippen molar-refractivity contribution < 1.29 is 27.8 Å².